The van der Waals surface area contributed by atoms with Crippen LogP contribution in [0.5, 0.6) is 5.75 Å². The van der Waals surface area contributed by atoms with E-state index in [1.54, 1.807) is 0 Å². The first-order chi connectivity index (χ1) is 6.99. The van der Waals surface area contributed by atoms with Crippen LogP contribution in [-0.2, 0) is 11.2 Å². The minimum Gasteiger partial charge on any atom is -0.435 e. The number of carbonyl (C=O) groups excluding carboxylic acids is 1. The summed E-state index contributed by atoms with van der Waals surface area (Å²) in [6.45, 7) is -1.44. The van der Waals surface area contributed by atoms with Crippen LogP contribution in [-0.4, -0.2) is 12.4 Å². The van der Waals surface area contributed by atoms with Crippen molar-refractivity contribution < 1.29 is 18.3 Å². The summed E-state index contributed by atoms with van der Waals surface area (Å²) in [6, 6.07) is 4.31. The molecular weight excluding hydrogens is 222 g/mol. The number of alkyl halides is 2. The number of carbonyl (C=O) groups is 1. The molecule has 0 radical (unpaired) electrons. The zero-order valence-corrected chi connectivity index (χ0v) is 8.93. The predicted molar refractivity (Wildman–Crippen MR) is 54.7 cm³/mol. The first kappa shape index (κ1) is 12.0. The molecule has 82 valence electrons. The highest BCUT2D eigenvalue weighted by Gasteiger charge is 2.08. The first-order valence-corrected chi connectivity index (χ1v) is 4.70. The van der Waals surface area contributed by atoms with E-state index in [2.05, 4.69) is 17.4 Å². The van der Waals surface area contributed by atoms with Gasteiger partial charge in [0.15, 0.2) is 0 Å². The van der Waals surface area contributed by atoms with E-state index >= 15 is 0 Å². The number of rotatable bonds is 4. The Morgan fingerprint density at radius 2 is 2.20 bits per heavy atom. The fourth-order valence-electron chi connectivity index (χ4n) is 1.15. The third-order valence-electron chi connectivity index (χ3n) is 1.72. The third kappa shape index (κ3) is 3.87. The number of Topliss-reactive ketones (excluding diaryl/α,β-unsaturated/α-hetero) is 1. The summed E-state index contributed by atoms with van der Waals surface area (Å²) >= 11 is 4.12. The molecule has 1 aromatic rings. The summed E-state index contributed by atoms with van der Waals surface area (Å²) in [5, 5.41) is 0. The Balaban J connectivity index is 2.89. The normalized spacial score (nSPS) is 10.5. The molecule has 0 spiro atoms. The number of thiol groups is 1. The van der Waals surface area contributed by atoms with Crippen LogP contribution in [0.1, 0.15) is 12.5 Å². The molecule has 0 aliphatic rings. The van der Waals surface area contributed by atoms with E-state index in [1.165, 1.54) is 25.1 Å². The van der Waals surface area contributed by atoms with Gasteiger partial charge < -0.3 is 4.74 Å². The van der Waals surface area contributed by atoms with Crippen LogP contribution in [0.3, 0.4) is 0 Å². The molecule has 0 unspecified atom stereocenters. The standard InChI is InChI=1S/C10H10F2O2S/c1-6(13)4-7-5-8(14-10(11)12)2-3-9(7)15/h2-3,5,10,15H,4H2,1H3. The van der Waals surface area contributed by atoms with Gasteiger partial charge in [-0.2, -0.15) is 8.78 Å². The van der Waals surface area contributed by atoms with E-state index in [9.17, 15) is 13.6 Å². The zero-order chi connectivity index (χ0) is 11.4. The van der Waals surface area contributed by atoms with Crippen molar-refractivity contribution in [3.63, 3.8) is 0 Å². The van der Waals surface area contributed by atoms with Gasteiger partial charge >= 0.3 is 6.61 Å². The van der Waals surface area contributed by atoms with Crippen LogP contribution >= 0.6 is 12.6 Å². The van der Waals surface area contributed by atoms with Crippen molar-refractivity contribution in [2.45, 2.75) is 24.9 Å². The average molecular weight is 232 g/mol. The van der Waals surface area contributed by atoms with Gasteiger partial charge in [-0.25, -0.2) is 0 Å². The smallest absolute Gasteiger partial charge is 0.387 e. The predicted octanol–water partition coefficient (Wildman–Crippen LogP) is 2.71. The van der Waals surface area contributed by atoms with Crippen LogP contribution in [0.25, 0.3) is 0 Å². The summed E-state index contributed by atoms with van der Waals surface area (Å²) in [4.78, 5) is 11.5. The van der Waals surface area contributed by atoms with Crippen LogP contribution in [0.4, 0.5) is 8.78 Å². The van der Waals surface area contributed by atoms with Gasteiger partial charge in [-0.05, 0) is 30.7 Å². The Hall–Kier alpha value is -1.10. The Morgan fingerprint density at radius 1 is 1.53 bits per heavy atom. The Morgan fingerprint density at radius 3 is 2.73 bits per heavy atom. The van der Waals surface area contributed by atoms with E-state index in [1.807, 2.05) is 0 Å². The van der Waals surface area contributed by atoms with Crippen molar-refractivity contribution in [2.75, 3.05) is 0 Å². The van der Waals surface area contributed by atoms with Gasteiger partial charge in [0.2, 0.25) is 0 Å². The molecule has 0 heterocycles. The second kappa shape index (κ2) is 5.11. The van der Waals surface area contributed by atoms with E-state index in [0.717, 1.165) is 0 Å². The first-order valence-electron chi connectivity index (χ1n) is 4.25. The van der Waals surface area contributed by atoms with Crippen molar-refractivity contribution >= 4 is 18.4 Å². The molecular formula is C10H10F2O2S. The largest absolute Gasteiger partial charge is 0.435 e. The molecule has 0 amide bonds. The number of hydrogen-bond donors (Lipinski definition) is 1. The number of halogens is 2. The second-order valence-corrected chi connectivity index (χ2v) is 3.53. The van der Waals surface area contributed by atoms with Gasteiger partial charge in [-0.1, -0.05) is 0 Å². The molecule has 0 saturated carbocycles. The molecule has 0 N–H and O–H groups in total. The van der Waals surface area contributed by atoms with Gasteiger partial charge in [-0.3, -0.25) is 4.79 Å². The fourth-order valence-corrected chi connectivity index (χ4v) is 1.37. The maximum absolute atomic E-state index is 11.9. The lowest BCUT2D eigenvalue weighted by Gasteiger charge is -2.08. The van der Waals surface area contributed by atoms with Gasteiger partial charge in [0.1, 0.15) is 11.5 Å². The maximum Gasteiger partial charge on any atom is 0.387 e. The van der Waals surface area contributed by atoms with Gasteiger partial charge in [0.25, 0.3) is 0 Å². The van der Waals surface area contributed by atoms with Crippen molar-refractivity contribution in [2.24, 2.45) is 0 Å². The lowest BCUT2D eigenvalue weighted by atomic mass is 10.1. The van der Waals surface area contributed by atoms with Gasteiger partial charge in [0.05, 0.1) is 0 Å². The Kier molecular flexibility index (Phi) is 4.08. The molecule has 0 bridgehead atoms. The van der Waals surface area contributed by atoms with Crippen molar-refractivity contribution in [1.82, 2.24) is 0 Å². The third-order valence-corrected chi connectivity index (χ3v) is 2.15. The molecule has 1 aromatic carbocycles. The summed E-state index contributed by atoms with van der Waals surface area (Å²) < 4.78 is 28.0. The van der Waals surface area contributed by atoms with Crippen molar-refractivity contribution in [1.29, 1.82) is 0 Å². The van der Waals surface area contributed by atoms with E-state index in [0.29, 0.717) is 10.5 Å². The minimum absolute atomic E-state index is 0.0408. The summed E-state index contributed by atoms with van der Waals surface area (Å²) in [5.74, 6) is -0.0152. The Labute approximate surface area is 91.7 Å². The van der Waals surface area contributed by atoms with Crippen molar-refractivity contribution in [3.8, 4) is 5.75 Å². The number of benzene rings is 1. The summed E-state index contributed by atoms with van der Waals surface area (Å²) in [6.07, 6.45) is 0.166. The molecule has 0 fully saturated rings. The molecule has 0 aliphatic heterocycles. The maximum atomic E-state index is 11.9. The highest BCUT2D eigenvalue weighted by molar-refractivity contribution is 7.80. The van der Waals surface area contributed by atoms with Crippen molar-refractivity contribution in [3.05, 3.63) is 23.8 Å². The van der Waals surface area contributed by atoms with Gasteiger partial charge in [0, 0.05) is 11.3 Å². The second-order valence-electron chi connectivity index (χ2n) is 3.05. The summed E-state index contributed by atoms with van der Waals surface area (Å²) in [7, 11) is 0. The molecule has 0 aromatic heterocycles. The van der Waals surface area contributed by atoms with Crippen LogP contribution in [0, 0.1) is 0 Å². The molecule has 2 nitrogen and oxygen atoms in total. The monoisotopic (exact) mass is 232 g/mol. The molecule has 0 atom stereocenters. The fraction of sp³-hybridized carbons (Fsp3) is 0.300. The minimum atomic E-state index is -2.86. The van der Waals surface area contributed by atoms with Crippen LogP contribution < -0.4 is 4.74 Å². The highest BCUT2D eigenvalue weighted by Crippen LogP contribution is 2.22. The molecule has 0 aliphatic carbocycles. The lowest BCUT2D eigenvalue weighted by molar-refractivity contribution is -0.116. The van der Waals surface area contributed by atoms with E-state index in [4.69, 9.17) is 0 Å². The zero-order valence-electron chi connectivity index (χ0n) is 8.04. The molecule has 15 heavy (non-hydrogen) atoms. The number of ketones is 1. The molecule has 1 rings (SSSR count). The molecule has 0 saturated heterocycles. The van der Waals surface area contributed by atoms with Crippen LogP contribution in [0.15, 0.2) is 23.1 Å². The molecule has 5 heteroatoms. The Bertz CT molecular complexity index is 366. The van der Waals surface area contributed by atoms with E-state index < -0.39 is 6.61 Å². The highest BCUT2D eigenvalue weighted by atomic mass is 32.1. The average Bonchev–Trinajstić information content (AvgIpc) is 2.09. The van der Waals surface area contributed by atoms with Gasteiger partial charge in [-0.15, -0.1) is 12.6 Å². The lowest BCUT2D eigenvalue weighted by Crippen LogP contribution is -2.03. The number of ether oxygens (including phenoxy) is 1. The quantitative estimate of drug-likeness (QED) is 0.808. The topological polar surface area (TPSA) is 26.3 Å². The van der Waals surface area contributed by atoms with E-state index in [-0.39, 0.29) is 18.0 Å². The SMILES string of the molecule is CC(=O)Cc1cc(OC(F)F)ccc1S. The number of hydrogen-bond acceptors (Lipinski definition) is 3. The summed E-state index contributed by atoms with van der Waals surface area (Å²) in [5.41, 5.74) is 0.587. The van der Waals surface area contributed by atoms with Crippen LogP contribution in [0.2, 0.25) is 0 Å².